The molecule has 0 spiro atoms. The van der Waals surface area contributed by atoms with Gasteiger partial charge in [-0.15, -0.1) is 24.0 Å². The fourth-order valence-electron chi connectivity index (χ4n) is 3.02. The average Bonchev–Trinajstić information content (AvgIpc) is 3.09. The predicted octanol–water partition coefficient (Wildman–Crippen LogP) is 3.71. The van der Waals surface area contributed by atoms with Gasteiger partial charge in [-0.1, -0.05) is 18.2 Å². The second kappa shape index (κ2) is 9.61. The first kappa shape index (κ1) is 20.3. The second-order valence-corrected chi connectivity index (χ2v) is 6.14. The van der Waals surface area contributed by atoms with Crippen molar-refractivity contribution in [3.05, 3.63) is 54.3 Å². The number of benzene rings is 2. The summed E-state index contributed by atoms with van der Waals surface area (Å²) >= 11 is 0. The molecule has 140 valence electrons. The van der Waals surface area contributed by atoms with Crippen molar-refractivity contribution in [3.8, 4) is 5.75 Å². The summed E-state index contributed by atoms with van der Waals surface area (Å²) < 4.78 is 19.1. The van der Waals surface area contributed by atoms with E-state index in [-0.39, 0.29) is 29.8 Å². The Kier molecular flexibility index (Phi) is 7.50. The molecule has 0 bridgehead atoms. The average molecular weight is 470 g/mol. The molecule has 0 radical (unpaired) electrons. The molecule has 1 aliphatic heterocycles. The molecule has 1 atom stereocenters. The smallest absolute Gasteiger partial charge is 0.193 e. The lowest BCUT2D eigenvalue weighted by Gasteiger charge is -2.19. The van der Waals surface area contributed by atoms with Crippen LogP contribution in [-0.4, -0.2) is 32.7 Å². The normalized spacial score (nSPS) is 16.9. The molecule has 3 rings (SSSR count). The number of guanidine groups is 1. The first-order chi connectivity index (χ1) is 12.2. The number of para-hydroxylation sites is 1. The molecule has 26 heavy (non-hydrogen) atoms. The van der Waals surface area contributed by atoms with Gasteiger partial charge in [-0.05, 0) is 36.6 Å². The molecule has 3 N–H and O–H groups in total. The maximum Gasteiger partial charge on any atom is 0.193 e. The van der Waals surface area contributed by atoms with Gasteiger partial charge in [0.2, 0.25) is 0 Å². The van der Waals surface area contributed by atoms with Gasteiger partial charge in [-0.3, -0.25) is 4.99 Å². The van der Waals surface area contributed by atoms with E-state index in [1.54, 1.807) is 13.2 Å². The first-order valence-corrected chi connectivity index (χ1v) is 8.36. The van der Waals surface area contributed by atoms with Crippen LogP contribution in [0.25, 0.3) is 0 Å². The minimum absolute atomic E-state index is 0. The summed E-state index contributed by atoms with van der Waals surface area (Å²) in [5.41, 5.74) is 7.47. The van der Waals surface area contributed by atoms with Crippen LogP contribution in [0.5, 0.6) is 5.75 Å². The summed E-state index contributed by atoms with van der Waals surface area (Å²) in [5.74, 6) is 1.32. The van der Waals surface area contributed by atoms with Crippen molar-refractivity contribution in [1.82, 2.24) is 0 Å². The lowest BCUT2D eigenvalue weighted by Crippen LogP contribution is -2.25. The minimum atomic E-state index is -0.175. The molecule has 0 amide bonds. The Hall–Kier alpha value is -2.03. The van der Waals surface area contributed by atoms with E-state index in [1.807, 2.05) is 36.4 Å². The molecule has 0 aliphatic carbocycles. The van der Waals surface area contributed by atoms with Crippen LogP contribution in [0.4, 0.5) is 15.8 Å². The van der Waals surface area contributed by atoms with Gasteiger partial charge in [0.05, 0.1) is 12.8 Å². The molecule has 1 unspecified atom stereocenters. The van der Waals surface area contributed by atoms with E-state index in [9.17, 15) is 4.39 Å². The predicted molar refractivity (Wildman–Crippen MR) is 115 cm³/mol. The van der Waals surface area contributed by atoms with Gasteiger partial charge in [0.25, 0.3) is 0 Å². The summed E-state index contributed by atoms with van der Waals surface area (Å²) in [4.78, 5) is 6.50. The SMILES string of the molecule is COc1cccc(NC(N)=NCC2CCN(c3ccccc3F)C2)c1.I. The molecule has 1 fully saturated rings. The Morgan fingerprint density at radius 1 is 1.31 bits per heavy atom. The molecular weight excluding hydrogens is 446 g/mol. The van der Waals surface area contributed by atoms with E-state index in [2.05, 4.69) is 15.2 Å². The highest BCUT2D eigenvalue weighted by Crippen LogP contribution is 2.26. The van der Waals surface area contributed by atoms with E-state index < -0.39 is 0 Å². The summed E-state index contributed by atoms with van der Waals surface area (Å²) in [5, 5.41) is 3.07. The maximum absolute atomic E-state index is 13.9. The van der Waals surface area contributed by atoms with Crippen molar-refractivity contribution >= 4 is 41.3 Å². The van der Waals surface area contributed by atoms with Crippen molar-refractivity contribution in [3.63, 3.8) is 0 Å². The number of nitrogens with two attached hydrogens (primary N) is 1. The fourth-order valence-corrected chi connectivity index (χ4v) is 3.02. The number of nitrogens with zero attached hydrogens (tertiary/aromatic N) is 2. The molecule has 1 aliphatic rings. The van der Waals surface area contributed by atoms with Crippen LogP contribution in [0.1, 0.15) is 6.42 Å². The van der Waals surface area contributed by atoms with E-state index >= 15 is 0 Å². The Morgan fingerprint density at radius 3 is 2.88 bits per heavy atom. The molecule has 0 saturated carbocycles. The lowest BCUT2D eigenvalue weighted by atomic mass is 10.1. The minimum Gasteiger partial charge on any atom is -0.497 e. The topological polar surface area (TPSA) is 62.9 Å². The summed E-state index contributed by atoms with van der Waals surface area (Å²) in [7, 11) is 1.62. The molecular formula is C19H24FIN4O. The van der Waals surface area contributed by atoms with Crippen molar-refractivity contribution < 1.29 is 9.13 Å². The Bertz CT molecular complexity index is 756. The standard InChI is InChI=1S/C19H23FN4O.HI/c1-25-16-6-4-5-15(11-16)23-19(21)22-12-14-9-10-24(13-14)18-8-3-2-7-17(18)20;/h2-8,11,14H,9-10,12-13H2,1H3,(H3,21,22,23);1H. The van der Waals surface area contributed by atoms with E-state index in [1.165, 1.54) is 6.07 Å². The zero-order valence-electron chi connectivity index (χ0n) is 14.7. The molecule has 1 heterocycles. The highest BCUT2D eigenvalue weighted by molar-refractivity contribution is 14.0. The van der Waals surface area contributed by atoms with E-state index in [0.29, 0.717) is 24.1 Å². The number of rotatable bonds is 5. The van der Waals surface area contributed by atoms with Crippen LogP contribution in [0.15, 0.2) is 53.5 Å². The second-order valence-electron chi connectivity index (χ2n) is 6.14. The van der Waals surface area contributed by atoms with E-state index in [0.717, 1.165) is 30.9 Å². The molecule has 0 aromatic heterocycles. The highest BCUT2D eigenvalue weighted by Gasteiger charge is 2.24. The summed E-state index contributed by atoms with van der Waals surface area (Å²) in [6.45, 7) is 2.25. The monoisotopic (exact) mass is 470 g/mol. The third-order valence-electron chi connectivity index (χ3n) is 4.34. The molecule has 2 aromatic rings. The van der Waals surface area contributed by atoms with Crippen LogP contribution in [0.3, 0.4) is 0 Å². The first-order valence-electron chi connectivity index (χ1n) is 8.36. The van der Waals surface area contributed by atoms with Gasteiger partial charge < -0.3 is 20.7 Å². The number of aliphatic imine (C=N–C) groups is 1. The number of anilines is 2. The summed E-state index contributed by atoms with van der Waals surface area (Å²) in [6, 6.07) is 14.4. The van der Waals surface area contributed by atoms with Gasteiger partial charge in [0.15, 0.2) is 5.96 Å². The number of ether oxygens (including phenoxy) is 1. The van der Waals surface area contributed by atoms with Gasteiger partial charge in [0, 0.05) is 31.4 Å². The molecule has 5 nitrogen and oxygen atoms in total. The molecule has 1 saturated heterocycles. The highest BCUT2D eigenvalue weighted by atomic mass is 127. The fraction of sp³-hybridized carbons (Fsp3) is 0.316. The zero-order valence-corrected chi connectivity index (χ0v) is 17.0. The Labute approximate surface area is 170 Å². The van der Waals surface area contributed by atoms with Crippen LogP contribution in [0.2, 0.25) is 0 Å². The largest absolute Gasteiger partial charge is 0.497 e. The third kappa shape index (κ3) is 5.23. The van der Waals surface area contributed by atoms with Gasteiger partial charge in [-0.25, -0.2) is 4.39 Å². The third-order valence-corrected chi connectivity index (χ3v) is 4.34. The maximum atomic E-state index is 13.9. The molecule has 7 heteroatoms. The number of halogens is 2. The lowest BCUT2D eigenvalue weighted by molar-refractivity contribution is 0.415. The summed E-state index contributed by atoms with van der Waals surface area (Å²) in [6.07, 6.45) is 0.976. The van der Waals surface area contributed by atoms with Crippen molar-refractivity contribution in [2.24, 2.45) is 16.6 Å². The number of hydrogen-bond donors (Lipinski definition) is 2. The van der Waals surface area contributed by atoms with Gasteiger partial charge in [0.1, 0.15) is 11.6 Å². The Morgan fingerprint density at radius 2 is 2.12 bits per heavy atom. The van der Waals surface area contributed by atoms with Gasteiger partial charge >= 0.3 is 0 Å². The van der Waals surface area contributed by atoms with E-state index in [4.69, 9.17) is 10.5 Å². The van der Waals surface area contributed by atoms with Crippen LogP contribution < -0.4 is 20.7 Å². The van der Waals surface area contributed by atoms with Crippen molar-refractivity contribution in [1.29, 1.82) is 0 Å². The van der Waals surface area contributed by atoms with Crippen molar-refractivity contribution in [2.45, 2.75) is 6.42 Å². The number of methoxy groups -OCH3 is 1. The Balaban J connectivity index is 0.00000243. The van der Waals surface area contributed by atoms with Crippen LogP contribution in [-0.2, 0) is 0 Å². The number of hydrogen-bond acceptors (Lipinski definition) is 3. The molecule has 2 aromatic carbocycles. The number of nitrogens with one attached hydrogen (secondary N) is 1. The van der Waals surface area contributed by atoms with Crippen LogP contribution >= 0.6 is 24.0 Å². The van der Waals surface area contributed by atoms with Crippen molar-refractivity contribution in [2.75, 3.05) is 37.0 Å². The quantitative estimate of drug-likeness (QED) is 0.398. The zero-order chi connectivity index (χ0) is 17.6. The van der Waals surface area contributed by atoms with Gasteiger partial charge in [-0.2, -0.15) is 0 Å². The van der Waals surface area contributed by atoms with Crippen LogP contribution in [0, 0.1) is 11.7 Å².